The SMILES string of the molecule is COc1cc(C(=O)OCC(=O)c2ccc(C)cc2C)c([N+](=O)[O-])cc1OC. The lowest BCUT2D eigenvalue weighted by atomic mass is 10.0. The second-order valence-electron chi connectivity index (χ2n) is 5.80. The molecule has 2 aromatic carbocycles. The fraction of sp³-hybridized carbons (Fsp3) is 0.263. The zero-order valence-electron chi connectivity index (χ0n) is 15.4. The van der Waals surface area contributed by atoms with Gasteiger partial charge in [-0.3, -0.25) is 14.9 Å². The third kappa shape index (κ3) is 4.41. The third-order valence-electron chi connectivity index (χ3n) is 3.94. The number of nitro benzene ring substituents is 1. The van der Waals surface area contributed by atoms with Crippen LogP contribution in [0, 0.1) is 24.0 Å². The minimum Gasteiger partial charge on any atom is -0.493 e. The van der Waals surface area contributed by atoms with Crippen molar-refractivity contribution in [3.05, 3.63) is 62.7 Å². The summed E-state index contributed by atoms with van der Waals surface area (Å²) in [5, 5.41) is 11.3. The van der Waals surface area contributed by atoms with Crippen LogP contribution in [0.25, 0.3) is 0 Å². The van der Waals surface area contributed by atoms with Crippen LogP contribution >= 0.6 is 0 Å². The average molecular weight is 373 g/mol. The van der Waals surface area contributed by atoms with Gasteiger partial charge in [0, 0.05) is 11.6 Å². The molecule has 8 nitrogen and oxygen atoms in total. The van der Waals surface area contributed by atoms with Crippen molar-refractivity contribution in [1.29, 1.82) is 0 Å². The number of esters is 1. The summed E-state index contributed by atoms with van der Waals surface area (Å²) >= 11 is 0. The van der Waals surface area contributed by atoms with Crippen LogP contribution in [0.4, 0.5) is 5.69 Å². The molecule has 0 aliphatic carbocycles. The molecule has 0 fully saturated rings. The first-order valence-corrected chi connectivity index (χ1v) is 7.96. The maximum absolute atomic E-state index is 12.3. The summed E-state index contributed by atoms with van der Waals surface area (Å²) in [6, 6.07) is 7.50. The molecule has 0 bridgehead atoms. The summed E-state index contributed by atoms with van der Waals surface area (Å²) in [4.78, 5) is 35.2. The van der Waals surface area contributed by atoms with Gasteiger partial charge in [-0.15, -0.1) is 0 Å². The van der Waals surface area contributed by atoms with E-state index in [9.17, 15) is 19.7 Å². The Morgan fingerprint density at radius 2 is 1.63 bits per heavy atom. The zero-order valence-corrected chi connectivity index (χ0v) is 15.4. The Balaban J connectivity index is 2.24. The van der Waals surface area contributed by atoms with Crippen LogP contribution in [-0.2, 0) is 4.74 Å². The molecule has 0 radical (unpaired) electrons. The van der Waals surface area contributed by atoms with Gasteiger partial charge in [0.15, 0.2) is 18.1 Å². The van der Waals surface area contributed by atoms with Crippen molar-refractivity contribution in [2.45, 2.75) is 13.8 Å². The summed E-state index contributed by atoms with van der Waals surface area (Å²) < 4.78 is 15.1. The number of ketones is 1. The average Bonchev–Trinajstić information content (AvgIpc) is 2.64. The highest BCUT2D eigenvalue weighted by Gasteiger charge is 2.26. The van der Waals surface area contributed by atoms with Crippen LogP contribution in [0.2, 0.25) is 0 Å². The number of hydrogen-bond acceptors (Lipinski definition) is 7. The number of aryl methyl sites for hydroxylation is 2. The molecule has 0 atom stereocenters. The number of methoxy groups -OCH3 is 2. The normalized spacial score (nSPS) is 10.2. The van der Waals surface area contributed by atoms with Gasteiger partial charge in [0.05, 0.1) is 25.2 Å². The molecule has 142 valence electrons. The van der Waals surface area contributed by atoms with E-state index >= 15 is 0 Å². The van der Waals surface area contributed by atoms with Gasteiger partial charge in [-0.1, -0.05) is 23.8 Å². The maximum atomic E-state index is 12.3. The lowest BCUT2D eigenvalue weighted by molar-refractivity contribution is -0.385. The van der Waals surface area contributed by atoms with E-state index in [0.29, 0.717) is 5.56 Å². The van der Waals surface area contributed by atoms with E-state index < -0.39 is 29.0 Å². The Morgan fingerprint density at radius 3 is 2.19 bits per heavy atom. The molecule has 0 unspecified atom stereocenters. The second kappa shape index (κ2) is 8.31. The smallest absolute Gasteiger partial charge is 0.345 e. The molecule has 0 amide bonds. The number of carbonyl (C=O) groups is 2. The van der Waals surface area contributed by atoms with Crippen molar-refractivity contribution in [3.63, 3.8) is 0 Å². The van der Waals surface area contributed by atoms with Gasteiger partial charge < -0.3 is 14.2 Å². The summed E-state index contributed by atoms with van der Waals surface area (Å²) in [5.41, 5.74) is 1.35. The van der Waals surface area contributed by atoms with Crippen molar-refractivity contribution in [2.75, 3.05) is 20.8 Å². The summed E-state index contributed by atoms with van der Waals surface area (Å²) in [7, 11) is 2.66. The molecule has 0 heterocycles. The first kappa shape index (κ1) is 19.9. The zero-order chi connectivity index (χ0) is 20.1. The molecule has 2 aromatic rings. The highest BCUT2D eigenvalue weighted by molar-refractivity contribution is 6.01. The predicted molar refractivity (Wildman–Crippen MR) is 96.7 cm³/mol. The molecule has 0 saturated heterocycles. The Morgan fingerprint density at radius 1 is 1.00 bits per heavy atom. The minimum atomic E-state index is -0.999. The molecular formula is C19H19NO7. The lowest BCUT2D eigenvalue weighted by Gasteiger charge is -2.11. The molecule has 0 aliphatic heterocycles. The number of Topliss-reactive ketones (excluding diaryl/α,β-unsaturated/α-hetero) is 1. The fourth-order valence-electron chi connectivity index (χ4n) is 2.60. The molecular weight excluding hydrogens is 354 g/mol. The van der Waals surface area contributed by atoms with Crippen molar-refractivity contribution in [3.8, 4) is 11.5 Å². The van der Waals surface area contributed by atoms with Gasteiger partial charge >= 0.3 is 5.97 Å². The molecule has 27 heavy (non-hydrogen) atoms. The largest absolute Gasteiger partial charge is 0.493 e. The highest BCUT2D eigenvalue weighted by atomic mass is 16.6. The van der Waals surface area contributed by atoms with Crippen LogP contribution in [0.15, 0.2) is 30.3 Å². The van der Waals surface area contributed by atoms with Crippen molar-refractivity contribution < 1.29 is 28.7 Å². The Labute approximate surface area is 155 Å². The number of rotatable bonds is 7. The maximum Gasteiger partial charge on any atom is 0.345 e. The third-order valence-corrected chi connectivity index (χ3v) is 3.94. The van der Waals surface area contributed by atoms with Gasteiger partial charge in [0.1, 0.15) is 5.56 Å². The number of nitrogens with zero attached hydrogens (tertiary/aromatic N) is 1. The minimum absolute atomic E-state index is 0.104. The van der Waals surface area contributed by atoms with E-state index in [1.165, 1.54) is 14.2 Å². The molecule has 2 rings (SSSR count). The van der Waals surface area contributed by atoms with E-state index in [2.05, 4.69) is 0 Å². The van der Waals surface area contributed by atoms with Crippen molar-refractivity contribution >= 4 is 17.4 Å². The standard InChI is InChI=1S/C19H19NO7/c1-11-5-6-13(12(2)7-11)16(21)10-27-19(22)14-8-17(25-3)18(26-4)9-15(14)20(23)24/h5-9H,10H2,1-4H3. The first-order chi connectivity index (χ1) is 12.8. The molecule has 0 aliphatic rings. The molecule has 0 spiro atoms. The van der Waals surface area contributed by atoms with E-state index in [0.717, 1.165) is 23.3 Å². The molecule has 0 saturated carbocycles. The van der Waals surface area contributed by atoms with Crippen LogP contribution in [0.3, 0.4) is 0 Å². The first-order valence-electron chi connectivity index (χ1n) is 7.96. The van der Waals surface area contributed by atoms with Crippen LogP contribution in [0.1, 0.15) is 31.8 Å². The van der Waals surface area contributed by atoms with Crippen LogP contribution < -0.4 is 9.47 Å². The number of hydrogen-bond donors (Lipinski definition) is 0. The van der Waals surface area contributed by atoms with Crippen molar-refractivity contribution in [2.24, 2.45) is 0 Å². The summed E-state index contributed by atoms with van der Waals surface area (Å²) in [5.74, 6) is -1.16. The summed E-state index contributed by atoms with van der Waals surface area (Å²) in [6.45, 7) is 3.15. The van der Waals surface area contributed by atoms with E-state index in [-0.39, 0.29) is 17.1 Å². The Hall–Kier alpha value is -3.42. The Bertz CT molecular complexity index is 905. The predicted octanol–water partition coefficient (Wildman–Crippen LogP) is 3.27. The molecule has 0 aromatic heterocycles. The van der Waals surface area contributed by atoms with E-state index in [1.54, 1.807) is 19.1 Å². The number of nitro groups is 1. The monoisotopic (exact) mass is 373 g/mol. The van der Waals surface area contributed by atoms with E-state index in [4.69, 9.17) is 14.2 Å². The topological polar surface area (TPSA) is 105 Å². The highest BCUT2D eigenvalue weighted by Crippen LogP contribution is 2.34. The number of benzene rings is 2. The van der Waals surface area contributed by atoms with Crippen LogP contribution in [-0.4, -0.2) is 37.5 Å². The van der Waals surface area contributed by atoms with Gasteiger partial charge in [-0.2, -0.15) is 0 Å². The quantitative estimate of drug-likeness (QED) is 0.317. The fourth-order valence-corrected chi connectivity index (χ4v) is 2.60. The number of carbonyl (C=O) groups excluding carboxylic acids is 2. The molecule has 8 heteroatoms. The lowest BCUT2D eigenvalue weighted by Crippen LogP contribution is -2.16. The van der Waals surface area contributed by atoms with E-state index in [1.807, 2.05) is 13.0 Å². The Kier molecular flexibility index (Phi) is 6.12. The second-order valence-corrected chi connectivity index (χ2v) is 5.80. The van der Waals surface area contributed by atoms with Gasteiger partial charge in [0.2, 0.25) is 5.78 Å². The van der Waals surface area contributed by atoms with Crippen molar-refractivity contribution in [1.82, 2.24) is 0 Å². The van der Waals surface area contributed by atoms with Gasteiger partial charge in [-0.25, -0.2) is 4.79 Å². The van der Waals surface area contributed by atoms with Crippen LogP contribution in [0.5, 0.6) is 11.5 Å². The molecule has 0 N–H and O–H groups in total. The van der Waals surface area contributed by atoms with Gasteiger partial charge in [-0.05, 0) is 19.4 Å². The van der Waals surface area contributed by atoms with Gasteiger partial charge in [0.25, 0.3) is 5.69 Å². The summed E-state index contributed by atoms with van der Waals surface area (Å²) in [6.07, 6.45) is 0. The number of ether oxygens (including phenoxy) is 3.